The quantitative estimate of drug-likeness (QED) is 0.733. The van der Waals surface area contributed by atoms with Gasteiger partial charge in [0.25, 0.3) is 6.17 Å². The largest absolute Gasteiger partial charge is 0.428 e. The fourth-order valence-electron chi connectivity index (χ4n) is 1.38. The van der Waals surface area contributed by atoms with E-state index in [1.165, 1.54) is 6.92 Å². The molecule has 0 amide bonds. The van der Waals surface area contributed by atoms with E-state index in [0.717, 1.165) is 0 Å². The van der Waals surface area contributed by atoms with E-state index in [9.17, 15) is 26.3 Å². The second-order valence-electron chi connectivity index (χ2n) is 4.09. The molecule has 2 atom stereocenters. The highest BCUT2D eigenvalue weighted by Crippen LogP contribution is 2.36. The van der Waals surface area contributed by atoms with Gasteiger partial charge in [-0.05, 0) is 5.56 Å². The normalized spacial score (nSPS) is 16.2. The molecule has 2 unspecified atom stereocenters. The van der Waals surface area contributed by atoms with Crippen LogP contribution in [0.1, 0.15) is 18.4 Å². The molecule has 0 aromatic heterocycles. The zero-order valence-corrected chi connectivity index (χ0v) is 9.92. The van der Waals surface area contributed by atoms with Crippen molar-refractivity contribution >= 4 is 0 Å². The number of alkyl halides is 6. The summed E-state index contributed by atoms with van der Waals surface area (Å²) in [6.45, 7) is 0.778. The van der Waals surface area contributed by atoms with Crippen molar-refractivity contribution in [3.05, 3.63) is 35.9 Å². The van der Waals surface area contributed by atoms with Crippen molar-refractivity contribution in [3.63, 3.8) is 0 Å². The molecule has 0 fully saturated rings. The average Bonchev–Trinajstić information content (AvgIpc) is 2.35. The predicted molar refractivity (Wildman–Crippen MR) is 56.7 cm³/mol. The zero-order valence-electron chi connectivity index (χ0n) is 9.92. The van der Waals surface area contributed by atoms with Crippen LogP contribution >= 0.6 is 0 Å². The van der Waals surface area contributed by atoms with E-state index in [-0.39, 0.29) is 0 Å². The fourth-order valence-corrected chi connectivity index (χ4v) is 1.38. The van der Waals surface area contributed by atoms with Crippen LogP contribution in [-0.2, 0) is 4.74 Å². The summed E-state index contributed by atoms with van der Waals surface area (Å²) in [4.78, 5) is 0. The molecule has 108 valence electrons. The van der Waals surface area contributed by atoms with E-state index < -0.39 is 31.0 Å². The van der Waals surface area contributed by atoms with E-state index in [1.54, 1.807) is 30.3 Å². The number of benzene rings is 1. The summed E-state index contributed by atoms with van der Waals surface area (Å²) >= 11 is 0. The molecule has 0 bridgehead atoms. The van der Waals surface area contributed by atoms with Crippen LogP contribution in [0.15, 0.2) is 30.3 Å². The lowest BCUT2D eigenvalue weighted by molar-refractivity contribution is -0.336. The predicted octanol–water partition coefficient (Wildman–Crippen LogP) is 4.30. The summed E-state index contributed by atoms with van der Waals surface area (Å²) in [6.07, 6.45) is -14.9. The van der Waals surface area contributed by atoms with Gasteiger partial charge in [-0.3, -0.25) is 0 Å². The first-order valence-corrected chi connectivity index (χ1v) is 5.42. The smallest absolute Gasteiger partial charge is 0.317 e. The van der Waals surface area contributed by atoms with Gasteiger partial charge >= 0.3 is 12.3 Å². The molecule has 1 aromatic rings. The van der Waals surface area contributed by atoms with Crippen LogP contribution in [0.3, 0.4) is 0 Å². The minimum atomic E-state index is -5.65. The highest BCUT2D eigenvalue weighted by molar-refractivity contribution is 5.18. The summed E-state index contributed by atoms with van der Waals surface area (Å²) in [5.74, 6) is -0.576. The molecule has 0 spiro atoms. The van der Waals surface area contributed by atoms with Crippen LogP contribution < -0.4 is 0 Å². The third-order valence-corrected chi connectivity index (χ3v) is 2.48. The van der Waals surface area contributed by atoms with Crippen LogP contribution in [0.4, 0.5) is 26.3 Å². The highest BCUT2D eigenvalue weighted by Gasteiger charge is 2.58. The molecule has 1 nitrogen and oxygen atoms in total. The molecular weight excluding hydrogens is 274 g/mol. The van der Waals surface area contributed by atoms with Crippen molar-refractivity contribution in [3.8, 4) is 0 Å². The summed E-state index contributed by atoms with van der Waals surface area (Å²) in [7, 11) is 0. The molecule has 0 aliphatic heterocycles. The van der Waals surface area contributed by atoms with Gasteiger partial charge in [0.1, 0.15) is 0 Å². The summed E-state index contributed by atoms with van der Waals surface area (Å²) in [5.41, 5.74) is 0.612. The molecule has 1 aromatic carbocycles. The zero-order chi connectivity index (χ0) is 14.7. The Hall–Kier alpha value is -1.24. The number of rotatable bonds is 5. The van der Waals surface area contributed by atoms with Gasteiger partial charge < -0.3 is 4.74 Å². The van der Waals surface area contributed by atoms with Crippen molar-refractivity contribution in [2.24, 2.45) is 0 Å². The van der Waals surface area contributed by atoms with Crippen molar-refractivity contribution in [1.29, 1.82) is 0 Å². The van der Waals surface area contributed by atoms with E-state index in [1.807, 2.05) is 0 Å². The van der Waals surface area contributed by atoms with E-state index >= 15 is 0 Å². The minimum Gasteiger partial charge on any atom is -0.317 e. The Morgan fingerprint density at radius 2 is 1.58 bits per heavy atom. The topological polar surface area (TPSA) is 9.23 Å². The Labute approximate surface area is 106 Å². The van der Waals surface area contributed by atoms with E-state index in [2.05, 4.69) is 4.74 Å². The van der Waals surface area contributed by atoms with Gasteiger partial charge in [-0.2, -0.15) is 22.0 Å². The molecule has 19 heavy (non-hydrogen) atoms. The molecular formula is C12H12F6O. The van der Waals surface area contributed by atoms with Gasteiger partial charge in [-0.25, -0.2) is 4.39 Å². The van der Waals surface area contributed by atoms with E-state index in [4.69, 9.17) is 0 Å². The Morgan fingerprint density at radius 3 is 2.05 bits per heavy atom. The van der Waals surface area contributed by atoms with Crippen molar-refractivity contribution in [2.75, 3.05) is 6.61 Å². The maximum absolute atomic E-state index is 12.9. The van der Waals surface area contributed by atoms with Gasteiger partial charge in [0.2, 0.25) is 0 Å². The van der Waals surface area contributed by atoms with Crippen LogP contribution in [0.2, 0.25) is 0 Å². The van der Waals surface area contributed by atoms with Crippen LogP contribution in [0.5, 0.6) is 0 Å². The van der Waals surface area contributed by atoms with Gasteiger partial charge in [0.05, 0.1) is 6.61 Å². The van der Waals surface area contributed by atoms with Gasteiger partial charge in [0.15, 0.2) is 0 Å². The molecule has 7 heteroatoms. The second-order valence-corrected chi connectivity index (χ2v) is 4.09. The Balaban J connectivity index is 2.61. The maximum Gasteiger partial charge on any atom is 0.428 e. The first kappa shape index (κ1) is 15.8. The molecule has 0 heterocycles. The van der Waals surface area contributed by atoms with Crippen molar-refractivity contribution < 1.29 is 31.1 Å². The number of hydrogen-bond acceptors (Lipinski definition) is 1. The molecule has 0 aliphatic carbocycles. The highest BCUT2D eigenvalue weighted by atomic mass is 19.4. The number of hydrogen-bond donors (Lipinski definition) is 0. The van der Waals surface area contributed by atoms with Gasteiger partial charge in [-0.15, -0.1) is 0 Å². The fraction of sp³-hybridized carbons (Fsp3) is 0.500. The van der Waals surface area contributed by atoms with Crippen LogP contribution in [-0.4, -0.2) is 25.1 Å². The SMILES string of the molecule is CC(COC(F)(F)C(F)C(F)(F)F)c1ccccc1. The lowest BCUT2D eigenvalue weighted by Gasteiger charge is -2.24. The Morgan fingerprint density at radius 1 is 1.05 bits per heavy atom. The summed E-state index contributed by atoms with van der Waals surface area (Å²) < 4.78 is 77.7. The first-order chi connectivity index (χ1) is 8.64. The Bertz CT molecular complexity index is 389. The molecule has 0 radical (unpaired) electrons. The first-order valence-electron chi connectivity index (χ1n) is 5.42. The Kier molecular flexibility index (Phi) is 4.84. The molecule has 0 saturated carbocycles. The van der Waals surface area contributed by atoms with Crippen molar-refractivity contribution in [1.82, 2.24) is 0 Å². The third kappa shape index (κ3) is 4.41. The summed E-state index contributed by atoms with van der Waals surface area (Å²) in [6, 6.07) is 8.23. The monoisotopic (exact) mass is 286 g/mol. The lowest BCUT2D eigenvalue weighted by Crippen LogP contribution is -2.44. The maximum atomic E-state index is 12.9. The van der Waals surface area contributed by atoms with E-state index in [0.29, 0.717) is 5.56 Å². The second kappa shape index (κ2) is 5.81. The van der Waals surface area contributed by atoms with Crippen molar-refractivity contribution in [2.45, 2.75) is 31.3 Å². The van der Waals surface area contributed by atoms with Crippen LogP contribution in [0, 0.1) is 0 Å². The van der Waals surface area contributed by atoms with Gasteiger partial charge in [0, 0.05) is 5.92 Å². The molecule has 0 N–H and O–H groups in total. The number of halogens is 6. The third-order valence-electron chi connectivity index (χ3n) is 2.48. The molecule has 0 aliphatic rings. The average molecular weight is 286 g/mol. The standard InChI is InChI=1S/C12H12F6O/c1-8(9-5-3-2-4-6-9)7-19-12(17,18)10(13)11(14,15)16/h2-6,8,10H,7H2,1H3. The van der Waals surface area contributed by atoms with Crippen LogP contribution in [0.25, 0.3) is 0 Å². The molecule has 0 saturated heterocycles. The molecule has 1 rings (SSSR count). The summed E-state index contributed by atoms with van der Waals surface area (Å²) in [5, 5.41) is 0. The number of ether oxygens (including phenoxy) is 1. The van der Waals surface area contributed by atoms with Gasteiger partial charge in [-0.1, -0.05) is 37.3 Å². The minimum absolute atomic E-state index is 0.576. The lowest BCUT2D eigenvalue weighted by atomic mass is 10.0.